The fourth-order valence-electron chi connectivity index (χ4n) is 1.72. The Bertz CT molecular complexity index is 527. The molecule has 86 valence electrons. The highest BCUT2D eigenvalue weighted by Crippen LogP contribution is 2.22. The van der Waals surface area contributed by atoms with Crippen molar-refractivity contribution < 1.29 is 4.79 Å². The SMILES string of the molecule is C=CC1=C(/C=C\C)NC(=O)c2ccccc2N1. The van der Waals surface area contributed by atoms with Crippen LogP contribution in [0.4, 0.5) is 5.69 Å². The number of hydrogen-bond acceptors (Lipinski definition) is 2. The third kappa shape index (κ3) is 2.13. The molecule has 0 spiro atoms. The highest BCUT2D eigenvalue weighted by Gasteiger charge is 2.17. The molecule has 0 fully saturated rings. The summed E-state index contributed by atoms with van der Waals surface area (Å²) in [5.41, 5.74) is 2.94. The Labute approximate surface area is 101 Å². The van der Waals surface area contributed by atoms with Gasteiger partial charge in [0.2, 0.25) is 0 Å². The van der Waals surface area contributed by atoms with Crippen LogP contribution >= 0.6 is 0 Å². The second-order valence-electron chi connectivity index (χ2n) is 3.66. The molecule has 2 N–H and O–H groups in total. The van der Waals surface area contributed by atoms with Crippen molar-refractivity contribution in [3.63, 3.8) is 0 Å². The van der Waals surface area contributed by atoms with E-state index < -0.39 is 0 Å². The van der Waals surface area contributed by atoms with E-state index in [-0.39, 0.29) is 5.91 Å². The quantitative estimate of drug-likeness (QED) is 0.814. The van der Waals surface area contributed by atoms with Crippen molar-refractivity contribution in [2.24, 2.45) is 0 Å². The number of anilines is 1. The fraction of sp³-hybridized carbons (Fsp3) is 0.0714. The molecule has 1 aliphatic heterocycles. The van der Waals surface area contributed by atoms with Crippen LogP contribution in [0, 0.1) is 0 Å². The van der Waals surface area contributed by atoms with Gasteiger partial charge in [-0.15, -0.1) is 0 Å². The summed E-state index contributed by atoms with van der Waals surface area (Å²) in [6.07, 6.45) is 5.41. The monoisotopic (exact) mass is 226 g/mol. The second-order valence-corrected chi connectivity index (χ2v) is 3.66. The first-order valence-corrected chi connectivity index (χ1v) is 5.43. The smallest absolute Gasteiger partial charge is 0.257 e. The first-order valence-electron chi connectivity index (χ1n) is 5.43. The molecule has 0 bridgehead atoms. The van der Waals surface area contributed by atoms with Crippen molar-refractivity contribution in [1.29, 1.82) is 0 Å². The van der Waals surface area contributed by atoms with Crippen LogP contribution in [0.3, 0.4) is 0 Å². The Balaban J connectivity index is 2.52. The van der Waals surface area contributed by atoms with Gasteiger partial charge >= 0.3 is 0 Å². The van der Waals surface area contributed by atoms with Crippen LogP contribution in [-0.2, 0) is 0 Å². The molecule has 0 aliphatic carbocycles. The van der Waals surface area contributed by atoms with Crippen molar-refractivity contribution in [3.8, 4) is 0 Å². The third-order valence-corrected chi connectivity index (χ3v) is 2.52. The van der Waals surface area contributed by atoms with Gasteiger partial charge in [0.1, 0.15) is 0 Å². The average Bonchev–Trinajstić information content (AvgIpc) is 2.48. The standard InChI is InChI=1S/C14H14N2O/c1-3-7-13-11(4-2)15-12-9-6-5-8-10(12)14(17)16-13/h3-9,15H,2H2,1H3,(H,16,17)/b7-3-. The maximum absolute atomic E-state index is 12.0. The van der Waals surface area contributed by atoms with Crippen molar-refractivity contribution in [1.82, 2.24) is 5.32 Å². The molecular weight excluding hydrogens is 212 g/mol. The third-order valence-electron chi connectivity index (χ3n) is 2.52. The number of fused-ring (bicyclic) bond motifs is 1. The Hall–Kier alpha value is -2.29. The predicted octanol–water partition coefficient (Wildman–Crippen LogP) is 2.82. The summed E-state index contributed by atoms with van der Waals surface area (Å²) in [5.74, 6) is -0.113. The van der Waals surface area contributed by atoms with Gasteiger partial charge in [-0.1, -0.05) is 24.8 Å². The number of nitrogens with one attached hydrogen (secondary N) is 2. The zero-order chi connectivity index (χ0) is 12.3. The lowest BCUT2D eigenvalue weighted by Gasteiger charge is -2.07. The number of rotatable bonds is 2. The number of benzene rings is 1. The van der Waals surface area contributed by atoms with Gasteiger partial charge < -0.3 is 10.6 Å². The Kier molecular flexibility index (Phi) is 3.10. The summed E-state index contributed by atoms with van der Waals surface area (Å²) in [6, 6.07) is 7.39. The van der Waals surface area contributed by atoms with E-state index >= 15 is 0 Å². The lowest BCUT2D eigenvalue weighted by Crippen LogP contribution is -2.21. The molecule has 1 aliphatic rings. The maximum atomic E-state index is 12.0. The molecule has 0 radical (unpaired) electrons. The van der Waals surface area contributed by atoms with E-state index in [1.54, 1.807) is 12.1 Å². The molecule has 2 rings (SSSR count). The maximum Gasteiger partial charge on any atom is 0.257 e. The summed E-state index contributed by atoms with van der Waals surface area (Å²) in [6.45, 7) is 5.65. The van der Waals surface area contributed by atoms with Crippen molar-refractivity contribution in [3.05, 3.63) is 66.0 Å². The molecule has 0 unspecified atom stereocenters. The van der Waals surface area contributed by atoms with Gasteiger partial charge in [-0.25, -0.2) is 0 Å². The molecule has 0 saturated carbocycles. The van der Waals surface area contributed by atoms with Crippen LogP contribution in [0.2, 0.25) is 0 Å². The van der Waals surface area contributed by atoms with Crippen molar-refractivity contribution in [2.75, 3.05) is 5.32 Å². The summed E-state index contributed by atoms with van der Waals surface area (Å²) >= 11 is 0. The van der Waals surface area contributed by atoms with E-state index in [1.807, 2.05) is 37.3 Å². The summed E-state index contributed by atoms with van der Waals surface area (Å²) in [7, 11) is 0. The van der Waals surface area contributed by atoms with E-state index in [2.05, 4.69) is 17.2 Å². The first kappa shape index (κ1) is 11.2. The van der Waals surface area contributed by atoms with Gasteiger partial charge in [0.25, 0.3) is 5.91 Å². The van der Waals surface area contributed by atoms with E-state index in [9.17, 15) is 4.79 Å². The molecule has 1 amide bonds. The lowest BCUT2D eigenvalue weighted by atomic mass is 10.1. The molecule has 17 heavy (non-hydrogen) atoms. The zero-order valence-electron chi connectivity index (χ0n) is 9.66. The normalized spacial score (nSPS) is 15.0. The van der Waals surface area contributed by atoms with Crippen LogP contribution in [0.5, 0.6) is 0 Å². The van der Waals surface area contributed by atoms with Crippen LogP contribution in [-0.4, -0.2) is 5.91 Å². The van der Waals surface area contributed by atoms with Crippen LogP contribution in [0.1, 0.15) is 17.3 Å². The zero-order valence-corrected chi connectivity index (χ0v) is 9.66. The number of carbonyl (C=O) groups is 1. The van der Waals surface area contributed by atoms with Gasteiger partial charge in [-0.05, 0) is 31.2 Å². The second kappa shape index (κ2) is 4.70. The minimum atomic E-state index is -0.113. The fourth-order valence-corrected chi connectivity index (χ4v) is 1.72. The predicted molar refractivity (Wildman–Crippen MR) is 69.6 cm³/mol. The Morgan fingerprint density at radius 3 is 2.65 bits per heavy atom. The van der Waals surface area contributed by atoms with Crippen molar-refractivity contribution >= 4 is 11.6 Å². The molecule has 1 aromatic carbocycles. The van der Waals surface area contributed by atoms with Gasteiger partial charge in [0.15, 0.2) is 0 Å². The topological polar surface area (TPSA) is 41.1 Å². The molecule has 0 aromatic heterocycles. The molecule has 0 atom stereocenters. The largest absolute Gasteiger partial charge is 0.353 e. The highest BCUT2D eigenvalue weighted by molar-refractivity contribution is 6.02. The molecule has 3 heteroatoms. The van der Waals surface area contributed by atoms with Gasteiger partial charge in [0.05, 0.1) is 22.6 Å². The molecule has 1 aromatic rings. The molecule has 1 heterocycles. The summed E-state index contributed by atoms with van der Waals surface area (Å²) in [4.78, 5) is 12.0. The van der Waals surface area contributed by atoms with Crippen LogP contribution in [0.25, 0.3) is 0 Å². The minimum Gasteiger partial charge on any atom is -0.353 e. The number of amides is 1. The molecular formula is C14H14N2O. The molecule has 3 nitrogen and oxygen atoms in total. The van der Waals surface area contributed by atoms with Crippen LogP contribution in [0.15, 0.2) is 60.5 Å². The van der Waals surface area contributed by atoms with E-state index in [0.717, 1.165) is 17.1 Å². The minimum absolute atomic E-state index is 0.113. The number of allylic oxidation sites excluding steroid dienone is 3. The Morgan fingerprint density at radius 2 is 1.94 bits per heavy atom. The van der Waals surface area contributed by atoms with Crippen molar-refractivity contribution in [2.45, 2.75) is 6.92 Å². The van der Waals surface area contributed by atoms with E-state index in [0.29, 0.717) is 5.56 Å². The van der Waals surface area contributed by atoms with Gasteiger partial charge in [-0.2, -0.15) is 0 Å². The van der Waals surface area contributed by atoms with Crippen LogP contribution < -0.4 is 10.6 Å². The van der Waals surface area contributed by atoms with Gasteiger partial charge in [-0.3, -0.25) is 4.79 Å². The summed E-state index contributed by atoms with van der Waals surface area (Å²) < 4.78 is 0. The first-order chi connectivity index (χ1) is 8.26. The number of para-hydroxylation sites is 1. The highest BCUT2D eigenvalue weighted by atomic mass is 16.1. The van der Waals surface area contributed by atoms with E-state index in [1.165, 1.54) is 0 Å². The average molecular weight is 226 g/mol. The lowest BCUT2D eigenvalue weighted by molar-refractivity contribution is 0.0968. The summed E-state index contributed by atoms with van der Waals surface area (Å²) in [5, 5.41) is 6.06. The number of hydrogen-bond donors (Lipinski definition) is 2. The molecule has 0 saturated heterocycles. The number of carbonyl (C=O) groups excluding carboxylic acids is 1. The Morgan fingerprint density at radius 1 is 1.18 bits per heavy atom. The van der Waals surface area contributed by atoms with E-state index in [4.69, 9.17) is 0 Å². The van der Waals surface area contributed by atoms with Gasteiger partial charge in [0, 0.05) is 0 Å².